The van der Waals surface area contributed by atoms with Gasteiger partial charge in [-0.05, 0) is 26.0 Å². The van der Waals surface area contributed by atoms with Gasteiger partial charge in [0.15, 0.2) is 11.5 Å². The van der Waals surface area contributed by atoms with Crippen molar-refractivity contribution in [3.63, 3.8) is 0 Å². The van der Waals surface area contributed by atoms with Gasteiger partial charge in [-0.3, -0.25) is 4.79 Å². The van der Waals surface area contributed by atoms with Gasteiger partial charge in [0.05, 0.1) is 17.7 Å². The zero-order valence-corrected chi connectivity index (χ0v) is 19.9. The molecule has 0 aliphatic rings. The van der Waals surface area contributed by atoms with E-state index in [1.165, 1.54) is 0 Å². The molecule has 182 valence electrons. The molecule has 0 unspecified atom stereocenters. The maximum absolute atomic E-state index is 13.2. The zero-order chi connectivity index (χ0) is 25.9. The number of Topliss-reactive ketones (excluding diaryl/α,β-unsaturated/α-hetero) is 1. The predicted octanol–water partition coefficient (Wildman–Crippen LogP) is 5.48. The first-order valence-electron chi connectivity index (χ1n) is 11.2. The lowest BCUT2D eigenvalue weighted by Crippen LogP contribution is -2.11. The Morgan fingerprint density at radius 2 is 1.42 bits per heavy atom. The highest BCUT2D eigenvalue weighted by atomic mass is 16.5. The van der Waals surface area contributed by atoms with Gasteiger partial charge in [-0.25, -0.2) is 14.6 Å². The molecule has 0 saturated heterocycles. The van der Waals surface area contributed by atoms with Gasteiger partial charge < -0.3 is 14.6 Å². The molecule has 0 aliphatic carbocycles. The van der Waals surface area contributed by atoms with Gasteiger partial charge in [0.2, 0.25) is 0 Å². The fourth-order valence-electron chi connectivity index (χ4n) is 3.06. The highest BCUT2D eigenvalue weighted by Gasteiger charge is 2.19. The van der Waals surface area contributed by atoms with Crippen LogP contribution in [0.1, 0.15) is 38.8 Å². The topological polar surface area (TPSA) is 102 Å². The van der Waals surface area contributed by atoms with Gasteiger partial charge in [-0.15, -0.1) is 0 Å². The van der Waals surface area contributed by atoms with Crippen LogP contribution < -0.4 is 0 Å². The number of hydrogen-bond donors (Lipinski definition) is 1. The number of rotatable bonds is 9. The Morgan fingerprint density at radius 1 is 0.833 bits per heavy atom. The number of esters is 2. The maximum atomic E-state index is 13.2. The van der Waals surface area contributed by atoms with Crippen LogP contribution in [0.2, 0.25) is 0 Å². The molecular weight excluding hydrogens is 458 g/mol. The van der Waals surface area contributed by atoms with Crippen LogP contribution in [0, 0.1) is 6.92 Å². The fraction of sp³-hybridized carbons (Fsp3) is 0.103. The average molecular weight is 484 g/mol. The molecule has 0 radical (unpaired) electrons. The lowest BCUT2D eigenvalue weighted by atomic mass is 10.00. The molecule has 7 heteroatoms. The Morgan fingerprint density at radius 3 is 2.00 bits per heavy atom. The number of aliphatic imine (C=N–C) groups is 1. The van der Waals surface area contributed by atoms with Crippen LogP contribution in [0.15, 0.2) is 107 Å². The minimum atomic E-state index is -0.865. The molecule has 0 aromatic heterocycles. The third-order valence-corrected chi connectivity index (χ3v) is 4.97. The average Bonchev–Trinajstić information content (AvgIpc) is 2.91. The lowest BCUT2D eigenvalue weighted by Gasteiger charge is -2.08. The van der Waals surface area contributed by atoms with E-state index < -0.39 is 17.7 Å². The van der Waals surface area contributed by atoms with Crippen molar-refractivity contribution >= 4 is 29.7 Å². The Labute approximate surface area is 209 Å². The minimum Gasteiger partial charge on any atom is -0.506 e. The molecule has 0 bridgehead atoms. The Balaban J connectivity index is 1.99. The van der Waals surface area contributed by atoms with Gasteiger partial charge in [0.25, 0.3) is 0 Å². The quantitative estimate of drug-likeness (QED) is 0.142. The van der Waals surface area contributed by atoms with E-state index in [4.69, 9.17) is 9.47 Å². The van der Waals surface area contributed by atoms with E-state index in [9.17, 15) is 19.5 Å². The summed E-state index contributed by atoms with van der Waals surface area (Å²) in [5.41, 5.74) is 1.43. The second-order valence-electron chi connectivity index (χ2n) is 7.58. The van der Waals surface area contributed by atoms with E-state index in [0.717, 1.165) is 18.0 Å². The van der Waals surface area contributed by atoms with Crippen molar-refractivity contribution in [2.45, 2.75) is 13.8 Å². The van der Waals surface area contributed by atoms with E-state index >= 15 is 0 Å². The van der Waals surface area contributed by atoms with E-state index in [0.29, 0.717) is 11.1 Å². The number of allylic oxidation sites excluding steroid dienone is 1. The number of nitrogens with zero attached hydrogens (tertiary/aromatic N) is 1. The second kappa shape index (κ2) is 12.6. The first-order valence-corrected chi connectivity index (χ1v) is 11.2. The number of hydrogen-bond acceptors (Lipinski definition) is 7. The van der Waals surface area contributed by atoms with Crippen molar-refractivity contribution in [3.8, 4) is 0 Å². The molecule has 3 rings (SSSR count). The number of aliphatic hydroxyl groups is 1. The molecule has 0 amide bonds. The number of aliphatic hydroxyl groups excluding tert-OH is 1. The highest BCUT2D eigenvalue weighted by molar-refractivity contribution is 6.25. The van der Waals surface area contributed by atoms with Gasteiger partial charge in [-0.2, -0.15) is 0 Å². The minimum absolute atomic E-state index is 0.0541. The molecule has 3 aromatic carbocycles. The van der Waals surface area contributed by atoms with Crippen LogP contribution in [-0.4, -0.2) is 35.6 Å². The van der Waals surface area contributed by atoms with Crippen LogP contribution in [0.3, 0.4) is 0 Å². The summed E-state index contributed by atoms with van der Waals surface area (Å²) in [6.07, 6.45) is 1.92. The first kappa shape index (κ1) is 25.8. The van der Waals surface area contributed by atoms with Crippen LogP contribution in [0.5, 0.6) is 0 Å². The number of carbonyl (C=O) groups excluding carboxylic acids is 3. The highest BCUT2D eigenvalue weighted by Crippen LogP contribution is 2.19. The monoisotopic (exact) mass is 483 g/mol. The van der Waals surface area contributed by atoms with Crippen LogP contribution in [0.4, 0.5) is 0 Å². The first-order chi connectivity index (χ1) is 17.4. The molecular formula is C29H25NO6. The van der Waals surface area contributed by atoms with E-state index in [2.05, 4.69) is 4.99 Å². The van der Waals surface area contributed by atoms with E-state index in [1.807, 2.05) is 6.92 Å². The molecule has 36 heavy (non-hydrogen) atoms. The third-order valence-electron chi connectivity index (χ3n) is 4.97. The summed E-state index contributed by atoms with van der Waals surface area (Å²) >= 11 is 0. The SMILES string of the molecule is CCOC(=O)C(=C/OC(=O)c1ccc(C)cc1)/N=C/C(C(=O)c1ccccc1)=C(\O)c1ccccc1. The second-order valence-corrected chi connectivity index (χ2v) is 7.58. The van der Waals surface area contributed by atoms with Gasteiger partial charge >= 0.3 is 11.9 Å². The summed E-state index contributed by atoms with van der Waals surface area (Å²) in [4.78, 5) is 42.1. The van der Waals surface area contributed by atoms with Crippen molar-refractivity contribution in [1.29, 1.82) is 0 Å². The maximum Gasteiger partial charge on any atom is 0.360 e. The van der Waals surface area contributed by atoms with Crippen molar-refractivity contribution in [2.75, 3.05) is 6.61 Å². The van der Waals surface area contributed by atoms with Crippen LogP contribution in [0.25, 0.3) is 5.76 Å². The molecule has 1 N–H and O–H groups in total. The molecule has 0 aliphatic heterocycles. The molecule has 3 aromatic rings. The molecule has 7 nitrogen and oxygen atoms in total. The number of ether oxygens (including phenoxy) is 2. The molecule has 0 saturated carbocycles. The molecule has 0 heterocycles. The summed E-state index contributed by atoms with van der Waals surface area (Å²) < 4.78 is 10.1. The number of ketones is 1. The summed E-state index contributed by atoms with van der Waals surface area (Å²) in [6.45, 7) is 3.55. The van der Waals surface area contributed by atoms with Gasteiger partial charge in [-0.1, -0.05) is 78.4 Å². The van der Waals surface area contributed by atoms with Crippen LogP contribution in [-0.2, 0) is 14.3 Å². The zero-order valence-electron chi connectivity index (χ0n) is 19.9. The summed E-state index contributed by atoms with van der Waals surface area (Å²) in [7, 11) is 0. The predicted molar refractivity (Wildman–Crippen MR) is 137 cm³/mol. The summed E-state index contributed by atoms with van der Waals surface area (Å²) in [6, 6.07) is 23.5. The number of benzene rings is 3. The van der Waals surface area contributed by atoms with Crippen molar-refractivity contribution in [1.82, 2.24) is 0 Å². The number of aryl methyl sites for hydroxylation is 1. The third kappa shape index (κ3) is 6.87. The normalized spacial score (nSPS) is 12.1. The molecule has 0 atom stereocenters. The Bertz CT molecular complexity index is 1310. The van der Waals surface area contributed by atoms with Crippen molar-refractivity contribution in [2.24, 2.45) is 4.99 Å². The Kier molecular flexibility index (Phi) is 9.06. The Hall–Kier alpha value is -4.78. The lowest BCUT2D eigenvalue weighted by molar-refractivity contribution is -0.138. The van der Waals surface area contributed by atoms with Crippen molar-refractivity contribution < 1.29 is 29.0 Å². The summed E-state index contributed by atoms with van der Waals surface area (Å²) in [5.74, 6) is -2.40. The number of carbonyl (C=O) groups is 3. The van der Waals surface area contributed by atoms with Crippen molar-refractivity contribution in [3.05, 3.63) is 125 Å². The summed E-state index contributed by atoms with van der Waals surface area (Å²) in [5, 5.41) is 10.9. The largest absolute Gasteiger partial charge is 0.506 e. The van der Waals surface area contributed by atoms with Gasteiger partial charge in [0, 0.05) is 17.3 Å². The fourth-order valence-corrected chi connectivity index (χ4v) is 3.06. The standard InChI is InChI=1S/C29H25NO6/c1-3-35-29(34)25(19-36-28(33)23-16-14-20(2)15-17-23)30-18-24(26(31)21-10-6-4-7-11-21)27(32)22-12-8-5-9-13-22/h4-19,31H,3H2,1-2H3/b25-19-,26-24+,30-18+. The van der Waals surface area contributed by atoms with E-state index in [-0.39, 0.29) is 29.2 Å². The van der Waals surface area contributed by atoms with Gasteiger partial charge in [0.1, 0.15) is 12.0 Å². The molecule has 0 fully saturated rings. The molecule has 0 spiro atoms. The smallest absolute Gasteiger partial charge is 0.360 e. The van der Waals surface area contributed by atoms with E-state index in [1.54, 1.807) is 91.9 Å². The van der Waals surface area contributed by atoms with Crippen LogP contribution >= 0.6 is 0 Å².